The highest BCUT2D eigenvalue weighted by Gasteiger charge is 2.58. The lowest BCUT2D eigenvalue weighted by atomic mass is 9.47. The molecule has 2 nitrogen and oxygen atoms in total. The molecule has 0 radical (unpaired) electrons. The predicted molar refractivity (Wildman–Crippen MR) is 124 cm³/mol. The fourth-order valence-electron chi connectivity index (χ4n) is 8.94. The average molecular weight is 415 g/mol. The first kappa shape index (κ1) is 22.4. The Balaban J connectivity index is 1.41. The van der Waals surface area contributed by atoms with Crippen LogP contribution in [0, 0.1) is 46.3 Å². The van der Waals surface area contributed by atoms with Gasteiger partial charge in [-0.05, 0) is 98.2 Å². The third-order valence-electron chi connectivity index (χ3n) is 10.7. The number of methoxy groups -OCH3 is 1. The van der Waals surface area contributed by atoms with E-state index in [0.717, 1.165) is 42.4 Å². The summed E-state index contributed by atoms with van der Waals surface area (Å²) in [5, 5.41) is 0. The summed E-state index contributed by atoms with van der Waals surface area (Å²) in [6.45, 7) is 9.83. The van der Waals surface area contributed by atoms with Crippen molar-refractivity contribution < 1.29 is 9.53 Å². The highest BCUT2D eigenvalue weighted by Crippen LogP contribution is 2.67. The number of fused-ring (bicyclic) bond motifs is 5. The molecule has 3 saturated carbocycles. The molecular formula is C28H46O2. The van der Waals surface area contributed by atoms with Crippen LogP contribution < -0.4 is 0 Å². The van der Waals surface area contributed by atoms with Crippen LogP contribution in [0.2, 0.25) is 0 Å². The van der Waals surface area contributed by atoms with E-state index in [4.69, 9.17) is 4.74 Å². The number of rotatable bonds is 6. The van der Waals surface area contributed by atoms with E-state index in [-0.39, 0.29) is 11.9 Å². The minimum atomic E-state index is -0.0465. The lowest BCUT2D eigenvalue weighted by Crippen LogP contribution is -2.50. The molecule has 0 amide bonds. The van der Waals surface area contributed by atoms with Gasteiger partial charge in [0.1, 0.15) is 0 Å². The number of carbonyl (C=O) groups is 1. The van der Waals surface area contributed by atoms with Gasteiger partial charge in [0.2, 0.25) is 0 Å². The second-order valence-electron chi connectivity index (χ2n) is 12.0. The monoisotopic (exact) mass is 414 g/mol. The van der Waals surface area contributed by atoms with Crippen LogP contribution in [0.25, 0.3) is 0 Å². The maximum atomic E-state index is 11.7. The van der Waals surface area contributed by atoms with E-state index in [1.165, 1.54) is 71.3 Å². The summed E-state index contributed by atoms with van der Waals surface area (Å²) in [6, 6.07) is 0. The highest BCUT2D eigenvalue weighted by molar-refractivity contribution is 5.71. The van der Waals surface area contributed by atoms with E-state index in [1.54, 1.807) is 0 Å². The van der Waals surface area contributed by atoms with Crippen LogP contribution in [0.3, 0.4) is 0 Å². The summed E-state index contributed by atoms with van der Waals surface area (Å²) < 4.78 is 4.91. The summed E-state index contributed by atoms with van der Waals surface area (Å²) >= 11 is 0. The van der Waals surface area contributed by atoms with Crippen molar-refractivity contribution in [2.24, 2.45) is 46.3 Å². The second kappa shape index (κ2) is 8.62. The quantitative estimate of drug-likeness (QED) is 0.331. The van der Waals surface area contributed by atoms with Crippen molar-refractivity contribution in [2.75, 3.05) is 7.11 Å². The normalized spacial score (nSPS) is 42.4. The molecule has 0 aromatic carbocycles. The third-order valence-corrected chi connectivity index (χ3v) is 10.7. The van der Waals surface area contributed by atoms with Gasteiger partial charge in [-0.1, -0.05) is 58.6 Å². The molecule has 1 unspecified atom stereocenters. The van der Waals surface area contributed by atoms with Crippen LogP contribution in [-0.2, 0) is 9.53 Å². The molecule has 0 bridgehead atoms. The number of hydrogen-bond donors (Lipinski definition) is 0. The van der Waals surface area contributed by atoms with Gasteiger partial charge < -0.3 is 4.74 Å². The topological polar surface area (TPSA) is 26.3 Å². The zero-order chi connectivity index (χ0) is 21.5. The zero-order valence-corrected chi connectivity index (χ0v) is 20.3. The standard InChI is InChI=1S/C28H46O2/c1-19(9-8-10-20(2)26(29)30-5)23-14-15-24-22-13-12-21-11-6-7-17-27(21,3)25(22)16-18-28(23,24)4/h12,19-20,22-25H,6-11,13-18H2,1-5H3/t19-,20?,22+,23-,24+,25+,27+,28-/m1/s1. The van der Waals surface area contributed by atoms with Crippen molar-refractivity contribution in [1.29, 1.82) is 0 Å². The van der Waals surface area contributed by atoms with Gasteiger partial charge in [-0.25, -0.2) is 0 Å². The molecule has 30 heavy (non-hydrogen) atoms. The molecule has 2 heteroatoms. The zero-order valence-electron chi connectivity index (χ0n) is 20.3. The number of esters is 1. The van der Waals surface area contributed by atoms with Gasteiger partial charge in [0.15, 0.2) is 0 Å². The first-order chi connectivity index (χ1) is 14.3. The molecule has 170 valence electrons. The van der Waals surface area contributed by atoms with Crippen LogP contribution in [0.4, 0.5) is 0 Å². The van der Waals surface area contributed by atoms with Crippen LogP contribution in [0.5, 0.6) is 0 Å². The predicted octanol–water partition coefficient (Wildman–Crippen LogP) is 7.57. The van der Waals surface area contributed by atoms with Crippen molar-refractivity contribution in [2.45, 2.75) is 105 Å². The van der Waals surface area contributed by atoms with Crippen molar-refractivity contribution >= 4 is 5.97 Å². The molecule has 3 fully saturated rings. The minimum Gasteiger partial charge on any atom is -0.469 e. The minimum absolute atomic E-state index is 0.0454. The van der Waals surface area contributed by atoms with E-state index in [0.29, 0.717) is 10.8 Å². The third kappa shape index (κ3) is 3.69. The summed E-state index contributed by atoms with van der Waals surface area (Å²) in [4.78, 5) is 11.7. The largest absolute Gasteiger partial charge is 0.469 e. The molecule has 0 spiro atoms. The van der Waals surface area contributed by atoms with Gasteiger partial charge in [-0.15, -0.1) is 0 Å². The molecule has 0 heterocycles. The van der Waals surface area contributed by atoms with Crippen molar-refractivity contribution in [3.05, 3.63) is 11.6 Å². The lowest BCUT2D eigenvalue weighted by molar-refractivity contribution is -0.145. The molecule has 0 aromatic rings. The summed E-state index contributed by atoms with van der Waals surface area (Å²) in [7, 11) is 1.51. The van der Waals surface area contributed by atoms with E-state index < -0.39 is 0 Å². The number of allylic oxidation sites excluding steroid dienone is 2. The number of hydrogen-bond acceptors (Lipinski definition) is 2. The fourth-order valence-corrected chi connectivity index (χ4v) is 8.94. The molecule has 4 aliphatic carbocycles. The average Bonchev–Trinajstić information content (AvgIpc) is 3.09. The molecule has 0 aromatic heterocycles. The Labute approximate surface area is 185 Å². The Kier molecular flexibility index (Phi) is 6.44. The summed E-state index contributed by atoms with van der Waals surface area (Å²) in [6.07, 6.45) is 19.0. The Hall–Kier alpha value is -0.790. The summed E-state index contributed by atoms with van der Waals surface area (Å²) in [5.41, 5.74) is 2.91. The molecule has 4 aliphatic rings. The number of ether oxygens (including phenoxy) is 1. The molecule has 8 atom stereocenters. The lowest BCUT2D eigenvalue weighted by Gasteiger charge is -2.58. The van der Waals surface area contributed by atoms with Crippen molar-refractivity contribution in [1.82, 2.24) is 0 Å². The van der Waals surface area contributed by atoms with E-state index in [9.17, 15) is 4.79 Å². The Morgan fingerprint density at radius 3 is 2.67 bits per heavy atom. The van der Waals surface area contributed by atoms with Crippen LogP contribution >= 0.6 is 0 Å². The van der Waals surface area contributed by atoms with E-state index in [1.807, 2.05) is 12.5 Å². The van der Waals surface area contributed by atoms with Crippen LogP contribution in [-0.4, -0.2) is 13.1 Å². The van der Waals surface area contributed by atoms with Gasteiger partial charge in [0.25, 0.3) is 0 Å². The van der Waals surface area contributed by atoms with Gasteiger partial charge in [-0.3, -0.25) is 4.79 Å². The molecule has 4 rings (SSSR count). The van der Waals surface area contributed by atoms with Crippen LogP contribution in [0.1, 0.15) is 105 Å². The molecule has 0 N–H and O–H groups in total. The fraction of sp³-hybridized carbons (Fsp3) is 0.893. The second-order valence-corrected chi connectivity index (χ2v) is 12.0. The number of carbonyl (C=O) groups excluding carboxylic acids is 1. The molecule has 0 aliphatic heterocycles. The Bertz CT molecular complexity index is 666. The van der Waals surface area contributed by atoms with Gasteiger partial charge >= 0.3 is 5.97 Å². The first-order valence-corrected chi connectivity index (χ1v) is 13.1. The van der Waals surface area contributed by atoms with Gasteiger partial charge in [0.05, 0.1) is 13.0 Å². The van der Waals surface area contributed by atoms with E-state index >= 15 is 0 Å². The smallest absolute Gasteiger partial charge is 0.308 e. The summed E-state index contributed by atoms with van der Waals surface area (Å²) in [5.74, 6) is 4.48. The maximum Gasteiger partial charge on any atom is 0.308 e. The Morgan fingerprint density at radius 2 is 1.90 bits per heavy atom. The van der Waals surface area contributed by atoms with Crippen molar-refractivity contribution in [3.8, 4) is 0 Å². The SMILES string of the molecule is COC(=O)C(C)CCC[C@@H](C)[C@H]1CC[C@H]2[C@@H]3CC=C4CCCC[C@]4(C)[C@H]3CC[C@]12C. The highest BCUT2D eigenvalue weighted by atomic mass is 16.5. The maximum absolute atomic E-state index is 11.7. The van der Waals surface area contributed by atoms with Crippen LogP contribution in [0.15, 0.2) is 11.6 Å². The van der Waals surface area contributed by atoms with Gasteiger partial charge in [-0.2, -0.15) is 0 Å². The molecular weight excluding hydrogens is 368 g/mol. The van der Waals surface area contributed by atoms with Gasteiger partial charge in [0, 0.05) is 0 Å². The van der Waals surface area contributed by atoms with E-state index in [2.05, 4.69) is 26.8 Å². The van der Waals surface area contributed by atoms with Crippen molar-refractivity contribution in [3.63, 3.8) is 0 Å². The Morgan fingerprint density at radius 1 is 1.10 bits per heavy atom. The first-order valence-electron chi connectivity index (χ1n) is 13.1. The molecule has 0 saturated heterocycles.